The summed E-state index contributed by atoms with van der Waals surface area (Å²) in [5.41, 5.74) is -0.135. The van der Waals surface area contributed by atoms with Gasteiger partial charge in [0, 0.05) is 12.6 Å². The van der Waals surface area contributed by atoms with Crippen LogP contribution < -0.4 is 0 Å². The normalized spacial score (nSPS) is 12.6. The number of benzene rings is 1. The Kier molecular flexibility index (Phi) is 5.23. The van der Waals surface area contributed by atoms with Crippen LogP contribution in [0.5, 0.6) is 0 Å². The van der Waals surface area contributed by atoms with Gasteiger partial charge in [-0.15, -0.1) is 5.10 Å². The van der Waals surface area contributed by atoms with E-state index in [9.17, 15) is 13.6 Å². The number of halogens is 2. The SMILES string of the molecule is CC(C)Cn1nnnc1SC(C)C(=O)c1ccc(F)cc1F. The number of tetrazole rings is 1. The molecule has 2 rings (SSSR count). The first-order valence-electron chi connectivity index (χ1n) is 6.80. The van der Waals surface area contributed by atoms with Gasteiger partial charge in [-0.25, -0.2) is 13.5 Å². The Balaban J connectivity index is 2.13. The Morgan fingerprint density at radius 1 is 1.32 bits per heavy atom. The minimum Gasteiger partial charge on any atom is -0.293 e. The summed E-state index contributed by atoms with van der Waals surface area (Å²) >= 11 is 1.15. The van der Waals surface area contributed by atoms with Gasteiger partial charge in [-0.2, -0.15) is 0 Å². The molecule has 8 heteroatoms. The van der Waals surface area contributed by atoms with Crippen molar-refractivity contribution in [3.63, 3.8) is 0 Å². The topological polar surface area (TPSA) is 60.7 Å². The van der Waals surface area contributed by atoms with Gasteiger partial charge in [-0.3, -0.25) is 4.79 Å². The third-order valence-corrected chi connectivity index (χ3v) is 3.96. The van der Waals surface area contributed by atoms with Crippen molar-refractivity contribution >= 4 is 17.5 Å². The van der Waals surface area contributed by atoms with Crippen LogP contribution in [0.15, 0.2) is 23.4 Å². The molecule has 1 heterocycles. The van der Waals surface area contributed by atoms with Crippen LogP contribution in [-0.4, -0.2) is 31.2 Å². The molecule has 0 radical (unpaired) electrons. The van der Waals surface area contributed by atoms with E-state index in [0.717, 1.165) is 23.9 Å². The number of hydrogen-bond acceptors (Lipinski definition) is 5. The van der Waals surface area contributed by atoms with Crippen LogP contribution >= 0.6 is 11.8 Å². The monoisotopic (exact) mass is 326 g/mol. The number of hydrogen-bond donors (Lipinski definition) is 0. The largest absolute Gasteiger partial charge is 0.293 e. The number of thioether (sulfide) groups is 1. The second-order valence-corrected chi connectivity index (χ2v) is 6.59. The van der Waals surface area contributed by atoms with Gasteiger partial charge in [-0.05, 0) is 35.4 Å². The van der Waals surface area contributed by atoms with Crippen molar-refractivity contribution in [2.75, 3.05) is 0 Å². The molecule has 0 saturated carbocycles. The van der Waals surface area contributed by atoms with E-state index in [1.54, 1.807) is 11.6 Å². The van der Waals surface area contributed by atoms with Crippen molar-refractivity contribution in [3.8, 4) is 0 Å². The van der Waals surface area contributed by atoms with Gasteiger partial charge in [0.2, 0.25) is 5.16 Å². The molecule has 1 aromatic heterocycles. The van der Waals surface area contributed by atoms with Crippen molar-refractivity contribution in [1.82, 2.24) is 20.2 Å². The summed E-state index contributed by atoms with van der Waals surface area (Å²) in [5.74, 6) is -1.65. The van der Waals surface area contributed by atoms with Crippen molar-refractivity contribution in [2.45, 2.75) is 37.7 Å². The van der Waals surface area contributed by atoms with Crippen molar-refractivity contribution in [2.24, 2.45) is 5.92 Å². The van der Waals surface area contributed by atoms with Gasteiger partial charge in [0.15, 0.2) is 5.78 Å². The second kappa shape index (κ2) is 6.95. The summed E-state index contributed by atoms with van der Waals surface area (Å²) in [4.78, 5) is 12.3. The van der Waals surface area contributed by atoms with E-state index in [0.29, 0.717) is 23.7 Å². The lowest BCUT2D eigenvalue weighted by Gasteiger charge is -2.11. The average molecular weight is 326 g/mol. The molecular formula is C14H16F2N4OS. The van der Waals surface area contributed by atoms with E-state index in [1.807, 2.05) is 13.8 Å². The molecule has 5 nitrogen and oxygen atoms in total. The quantitative estimate of drug-likeness (QED) is 0.603. The maximum absolute atomic E-state index is 13.7. The third kappa shape index (κ3) is 3.88. The number of aromatic nitrogens is 4. The lowest BCUT2D eigenvalue weighted by molar-refractivity contribution is 0.0990. The van der Waals surface area contributed by atoms with Gasteiger partial charge in [0.05, 0.1) is 10.8 Å². The van der Waals surface area contributed by atoms with Crippen LogP contribution in [-0.2, 0) is 6.54 Å². The van der Waals surface area contributed by atoms with Gasteiger partial charge in [-0.1, -0.05) is 25.6 Å². The summed E-state index contributed by atoms with van der Waals surface area (Å²) in [5, 5.41) is 11.3. The molecule has 1 aromatic carbocycles. The Hall–Kier alpha value is -1.83. The first-order chi connectivity index (χ1) is 10.4. The Morgan fingerprint density at radius 2 is 2.05 bits per heavy atom. The average Bonchev–Trinajstić information content (AvgIpc) is 2.84. The Bertz CT molecular complexity index is 675. The fourth-order valence-corrected chi connectivity index (χ4v) is 2.73. The summed E-state index contributed by atoms with van der Waals surface area (Å²) in [6.07, 6.45) is 0. The van der Waals surface area contributed by atoms with Crippen molar-refractivity contribution in [1.29, 1.82) is 0 Å². The highest BCUT2D eigenvalue weighted by atomic mass is 32.2. The first-order valence-corrected chi connectivity index (χ1v) is 7.68. The van der Waals surface area contributed by atoms with Crippen LogP contribution in [0.2, 0.25) is 0 Å². The maximum Gasteiger partial charge on any atom is 0.210 e. The predicted octanol–water partition coefficient (Wildman–Crippen LogP) is 2.97. The highest BCUT2D eigenvalue weighted by Crippen LogP contribution is 2.25. The molecule has 0 aliphatic heterocycles. The van der Waals surface area contributed by atoms with Crippen LogP contribution in [0, 0.1) is 17.6 Å². The molecule has 2 aromatic rings. The van der Waals surface area contributed by atoms with E-state index in [2.05, 4.69) is 15.5 Å². The summed E-state index contributed by atoms with van der Waals surface area (Å²) < 4.78 is 28.2. The molecule has 118 valence electrons. The molecule has 0 saturated heterocycles. The smallest absolute Gasteiger partial charge is 0.210 e. The zero-order chi connectivity index (χ0) is 16.3. The van der Waals surface area contributed by atoms with E-state index in [-0.39, 0.29) is 5.56 Å². The minimum atomic E-state index is -0.862. The van der Waals surface area contributed by atoms with Crippen LogP contribution in [0.25, 0.3) is 0 Å². The maximum atomic E-state index is 13.7. The number of nitrogens with zero attached hydrogens (tertiary/aromatic N) is 4. The van der Waals surface area contributed by atoms with E-state index in [4.69, 9.17) is 0 Å². The van der Waals surface area contributed by atoms with Gasteiger partial charge < -0.3 is 0 Å². The molecule has 1 atom stereocenters. The zero-order valence-electron chi connectivity index (χ0n) is 12.5. The van der Waals surface area contributed by atoms with Gasteiger partial charge >= 0.3 is 0 Å². The first kappa shape index (κ1) is 16.5. The Morgan fingerprint density at radius 3 is 2.68 bits per heavy atom. The van der Waals surface area contributed by atoms with Crippen LogP contribution in [0.1, 0.15) is 31.1 Å². The lowest BCUT2D eigenvalue weighted by atomic mass is 10.1. The molecule has 22 heavy (non-hydrogen) atoms. The summed E-state index contributed by atoms with van der Waals surface area (Å²) in [7, 11) is 0. The molecule has 0 aliphatic rings. The summed E-state index contributed by atoms with van der Waals surface area (Å²) in [6.45, 7) is 6.32. The number of rotatable bonds is 6. The van der Waals surface area contributed by atoms with E-state index in [1.165, 1.54) is 0 Å². The number of carbonyl (C=O) groups is 1. The fourth-order valence-electron chi connectivity index (χ4n) is 1.86. The molecule has 0 fully saturated rings. The zero-order valence-corrected chi connectivity index (χ0v) is 13.3. The molecule has 0 amide bonds. The molecule has 0 N–H and O–H groups in total. The third-order valence-electron chi connectivity index (χ3n) is 2.89. The molecule has 0 aliphatic carbocycles. The van der Waals surface area contributed by atoms with E-state index < -0.39 is 22.7 Å². The van der Waals surface area contributed by atoms with Crippen LogP contribution in [0.3, 0.4) is 0 Å². The minimum absolute atomic E-state index is 0.135. The highest BCUT2D eigenvalue weighted by molar-refractivity contribution is 8.00. The predicted molar refractivity (Wildman–Crippen MR) is 78.7 cm³/mol. The summed E-state index contributed by atoms with van der Waals surface area (Å²) in [6, 6.07) is 2.92. The number of carbonyl (C=O) groups excluding carboxylic acids is 1. The highest BCUT2D eigenvalue weighted by Gasteiger charge is 2.22. The Labute approximate surface area is 131 Å². The van der Waals surface area contributed by atoms with Gasteiger partial charge in [0.25, 0.3) is 0 Å². The van der Waals surface area contributed by atoms with Crippen molar-refractivity contribution < 1.29 is 13.6 Å². The van der Waals surface area contributed by atoms with Gasteiger partial charge in [0.1, 0.15) is 11.6 Å². The number of Topliss-reactive ketones (excluding diaryl/α,β-unsaturated/α-hetero) is 1. The standard InChI is InChI=1S/C14H16F2N4OS/c1-8(2)7-20-14(17-18-19-20)22-9(3)13(21)11-5-4-10(15)6-12(11)16/h4-6,8-9H,7H2,1-3H3. The molecular weight excluding hydrogens is 310 g/mol. The molecule has 0 spiro atoms. The van der Waals surface area contributed by atoms with Crippen LogP contribution in [0.4, 0.5) is 8.78 Å². The molecule has 0 bridgehead atoms. The lowest BCUT2D eigenvalue weighted by Crippen LogP contribution is -2.17. The van der Waals surface area contributed by atoms with Crippen molar-refractivity contribution in [3.05, 3.63) is 35.4 Å². The van der Waals surface area contributed by atoms with E-state index >= 15 is 0 Å². The fraction of sp³-hybridized carbons (Fsp3) is 0.429. The second-order valence-electron chi connectivity index (χ2n) is 5.29. The molecule has 1 unspecified atom stereocenters. The number of ketones is 1.